The maximum Gasteiger partial charge on any atom is 0.321 e. The number of amides is 2. The van der Waals surface area contributed by atoms with Crippen molar-refractivity contribution in [2.75, 3.05) is 45.2 Å². The minimum Gasteiger partial charge on any atom is -0.497 e. The first-order chi connectivity index (χ1) is 13.1. The van der Waals surface area contributed by atoms with Crippen LogP contribution in [0.15, 0.2) is 42.5 Å². The molecule has 1 N–H and O–H groups in total. The summed E-state index contributed by atoms with van der Waals surface area (Å²) in [5, 5.41) is 3.09. The molecule has 1 fully saturated rings. The van der Waals surface area contributed by atoms with Gasteiger partial charge in [-0.15, -0.1) is 0 Å². The second-order valence-electron chi connectivity index (χ2n) is 7.13. The number of nitrogens with zero attached hydrogens (tertiary/aromatic N) is 2. The van der Waals surface area contributed by atoms with Crippen molar-refractivity contribution in [2.45, 2.75) is 20.3 Å². The second kappa shape index (κ2) is 8.91. The number of carbonyl (C=O) groups is 1. The second-order valence-corrected chi connectivity index (χ2v) is 7.13. The highest BCUT2D eigenvalue weighted by atomic mass is 16.5. The van der Waals surface area contributed by atoms with Crippen molar-refractivity contribution in [2.24, 2.45) is 0 Å². The fourth-order valence-electron chi connectivity index (χ4n) is 3.49. The molecule has 0 radical (unpaired) electrons. The number of rotatable bonds is 5. The van der Waals surface area contributed by atoms with Gasteiger partial charge < -0.3 is 15.0 Å². The molecule has 144 valence electrons. The standard InChI is InChI=1S/C22H29N3O2/c1-17-6-4-7-18(2)21(17)23-22(26)25-14-12-24(13-15-25)11-10-19-8-5-9-20(16-19)27-3/h4-9,16H,10-15H2,1-3H3,(H,23,26). The Kier molecular flexibility index (Phi) is 6.35. The van der Waals surface area contributed by atoms with Gasteiger partial charge in [0.15, 0.2) is 0 Å². The van der Waals surface area contributed by atoms with Crippen LogP contribution in [0.1, 0.15) is 16.7 Å². The normalized spacial score (nSPS) is 14.9. The number of benzene rings is 2. The Morgan fingerprint density at radius 1 is 1.04 bits per heavy atom. The number of nitrogens with one attached hydrogen (secondary N) is 1. The molecule has 0 bridgehead atoms. The number of methoxy groups -OCH3 is 1. The zero-order chi connectivity index (χ0) is 19.2. The van der Waals surface area contributed by atoms with Gasteiger partial charge in [-0.25, -0.2) is 4.79 Å². The molecule has 0 saturated carbocycles. The van der Waals surface area contributed by atoms with Gasteiger partial charge in [0.1, 0.15) is 5.75 Å². The number of ether oxygens (including phenoxy) is 1. The summed E-state index contributed by atoms with van der Waals surface area (Å²) in [6.07, 6.45) is 0.992. The lowest BCUT2D eigenvalue weighted by molar-refractivity contribution is 0.148. The predicted octanol–water partition coefficient (Wildman–Crippen LogP) is 3.70. The lowest BCUT2D eigenvalue weighted by Gasteiger charge is -2.35. The zero-order valence-corrected chi connectivity index (χ0v) is 16.5. The first kappa shape index (κ1) is 19.2. The van der Waals surface area contributed by atoms with Crippen LogP contribution in [0.3, 0.4) is 0 Å². The van der Waals surface area contributed by atoms with E-state index in [4.69, 9.17) is 4.74 Å². The van der Waals surface area contributed by atoms with E-state index < -0.39 is 0 Å². The molecule has 0 unspecified atom stereocenters. The van der Waals surface area contributed by atoms with Crippen molar-refractivity contribution in [3.8, 4) is 5.75 Å². The molecule has 1 aliphatic heterocycles. The molecular formula is C22H29N3O2. The van der Waals surface area contributed by atoms with Gasteiger partial charge >= 0.3 is 6.03 Å². The third kappa shape index (κ3) is 5.01. The quantitative estimate of drug-likeness (QED) is 0.876. The van der Waals surface area contributed by atoms with Crippen LogP contribution in [0.5, 0.6) is 5.75 Å². The molecule has 2 aromatic carbocycles. The van der Waals surface area contributed by atoms with E-state index in [2.05, 4.69) is 22.3 Å². The van der Waals surface area contributed by atoms with Crippen molar-refractivity contribution in [3.05, 3.63) is 59.2 Å². The third-order valence-electron chi connectivity index (χ3n) is 5.22. The average molecular weight is 367 g/mol. The minimum atomic E-state index is -0.000143. The summed E-state index contributed by atoms with van der Waals surface area (Å²) >= 11 is 0. The van der Waals surface area contributed by atoms with Gasteiger partial charge in [-0.2, -0.15) is 0 Å². The Bertz CT molecular complexity index is 763. The van der Waals surface area contributed by atoms with E-state index in [9.17, 15) is 4.79 Å². The van der Waals surface area contributed by atoms with Crippen molar-refractivity contribution < 1.29 is 9.53 Å². The molecule has 0 atom stereocenters. The van der Waals surface area contributed by atoms with Crippen LogP contribution >= 0.6 is 0 Å². The zero-order valence-electron chi connectivity index (χ0n) is 16.5. The summed E-state index contributed by atoms with van der Waals surface area (Å²) in [7, 11) is 1.70. The third-order valence-corrected chi connectivity index (χ3v) is 5.22. The molecule has 2 amide bonds. The van der Waals surface area contributed by atoms with E-state index in [0.717, 1.165) is 61.7 Å². The van der Waals surface area contributed by atoms with Crippen LogP contribution in [-0.4, -0.2) is 55.7 Å². The molecule has 0 aromatic heterocycles. The highest BCUT2D eigenvalue weighted by Crippen LogP contribution is 2.20. The summed E-state index contributed by atoms with van der Waals surface area (Å²) < 4.78 is 5.29. The Hall–Kier alpha value is -2.53. The number of anilines is 1. The number of hydrogen-bond acceptors (Lipinski definition) is 3. The molecule has 5 nitrogen and oxygen atoms in total. The van der Waals surface area contributed by atoms with Gasteiger partial charge in [0, 0.05) is 38.4 Å². The van der Waals surface area contributed by atoms with E-state index in [-0.39, 0.29) is 6.03 Å². The van der Waals surface area contributed by atoms with Crippen LogP contribution in [0.2, 0.25) is 0 Å². The Balaban J connectivity index is 1.47. The van der Waals surface area contributed by atoms with E-state index in [1.54, 1.807) is 7.11 Å². The maximum atomic E-state index is 12.6. The molecular weight excluding hydrogens is 338 g/mol. The van der Waals surface area contributed by atoms with Gasteiger partial charge in [0.25, 0.3) is 0 Å². The topological polar surface area (TPSA) is 44.8 Å². The lowest BCUT2D eigenvalue weighted by atomic mass is 10.1. The smallest absolute Gasteiger partial charge is 0.321 e. The average Bonchev–Trinajstić information content (AvgIpc) is 2.69. The van der Waals surface area contributed by atoms with Crippen molar-refractivity contribution in [1.82, 2.24) is 9.80 Å². The van der Waals surface area contributed by atoms with E-state index in [1.807, 2.05) is 49.1 Å². The molecule has 1 aliphatic rings. The summed E-state index contributed by atoms with van der Waals surface area (Å²) in [5.74, 6) is 0.903. The SMILES string of the molecule is COc1cccc(CCN2CCN(C(=O)Nc3c(C)cccc3C)CC2)c1. The van der Waals surface area contributed by atoms with Crippen LogP contribution in [0.4, 0.5) is 10.5 Å². The van der Waals surface area contributed by atoms with Crippen LogP contribution < -0.4 is 10.1 Å². The van der Waals surface area contributed by atoms with Gasteiger partial charge in [0.05, 0.1) is 7.11 Å². The fourth-order valence-corrected chi connectivity index (χ4v) is 3.49. The molecule has 3 rings (SSSR count). The highest BCUT2D eigenvalue weighted by Gasteiger charge is 2.21. The lowest BCUT2D eigenvalue weighted by Crippen LogP contribution is -2.50. The number of para-hydroxylation sites is 1. The number of urea groups is 1. The summed E-state index contributed by atoms with van der Waals surface area (Å²) in [5.41, 5.74) is 4.41. The number of carbonyl (C=O) groups excluding carboxylic acids is 1. The minimum absolute atomic E-state index is 0.000143. The monoisotopic (exact) mass is 367 g/mol. The van der Waals surface area contributed by atoms with Gasteiger partial charge in [-0.1, -0.05) is 30.3 Å². The van der Waals surface area contributed by atoms with Crippen LogP contribution in [0, 0.1) is 13.8 Å². The molecule has 1 saturated heterocycles. The number of aryl methyl sites for hydroxylation is 2. The Labute approximate surface area is 161 Å². The van der Waals surface area contributed by atoms with Gasteiger partial charge in [0.2, 0.25) is 0 Å². The predicted molar refractivity (Wildman–Crippen MR) is 110 cm³/mol. The van der Waals surface area contributed by atoms with Crippen molar-refractivity contribution in [3.63, 3.8) is 0 Å². The summed E-state index contributed by atoms with van der Waals surface area (Å²) in [6, 6.07) is 14.3. The Morgan fingerprint density at radius 3 is 2.37 bits per heavy atom. The molecule has 1 heterocycles. The van der Waals surface area contributed by atoms with Crippen LogP contribution in [0.25, 0.3) is 0 Å². The van der Waals surface area contributed by atoms with Gasteiger partial charge in [-0.05, 0) is 49.1 Å². The van der Waals surface area contributed by atoms with Crippen LogP contribution in [-0.2, 0) is 6.42 Å². The molecule has 5 heteroatoms. The maximum absolute atomic E-state index is 12.6. The van der Waals surface area contributed by atoms with Crippen molar-refractivity contribution in [1.29, 1.82) is 0 Å². The molecule has 27 heavy (non-hydrogen) atoms. The van der Waals surface area contributed by atoms with Gasteiger partial charge in [-0.3, -0.25) is 4.90 Å². The van der Waals surface area contributed by atoms with Crippen molar-refractivity contribution >= 4 is 11.7 Å². The van der Waals surface area contributed by atoms with E-state index in [1.165, 1.54) is 5.56 Å². The summed E-state index contributed by atoms with van der Waals surface area (Å²) in [6.45, 7) is 8.38. The largest absolute Gasteiger partial charge is 0.497 e. The van der Waals surface area contributed by atoms with E-state index in [0.29, 0.717) is 0 Å². The number of piperazine rings is 1. The molecule has 2 aromatic rings. The first-order valence-electron chi connectivity index (χ1n) is 9.54. The summed E-state index contributed by atoms with van der Waals surface area (Å²) in [4.78, 5) is 16.9. The number of hydrogen-bond donors (Lipinski definition) is 1. The molecule has 0 aliphatic carbocycles. The van der Waals surface area contributed by atoms with E-state index >= 15 is 0 Å². The highest BCUT2D eigenvalue weighted by molar-refractivity contribution is 5.91. The first-order valence-corrected chi connectivity index (χ1v) is 9.54. The Morgan fingerprint density at radius 2 is 1.70 bits per heavy atom. The fraction of sp³-hybridized carbons (Fsp3) is 0.409. The molecule has 0 spiro atoms.